The molecule has 4 rings (SSSR count). The fraction of sp³-hybridized carbons (Fsp3) is 0. The molecule has 22 heavy (non-hydrogen) atoms. The van der Waals surface area contributed by atoms with Crippen molar-refractivity contribution in [3.8, 4) is 22.3 Å². The molecule has 8 heteroatoms. The van der Waals surface area contributed by atoms with Crippen LogP contribution in [0.1, 0.15) is 0 Å². The molecule has 0 atom stereocenters. The minimum absolute atomic E-state index is 0. The van der Waals surface area contributed by atoms with E-state index in [1.807, 2.05) is 12.1 Å². The molecule has 0 aromatic rings. The molecule has 0 aromatic heterocycles. The predicted octanol–water partition coefficient (Wildman–Crippen LogP) is 0.921. The standard InChI is InChI=1S/C14H6Cl2S3.2ClH.Zr/c15-11-7-3-1-5-9(7)13(17-11)19-14-10-6-2-4-8(10)12(16)18-14;;;/h1-6H;2*1H;/q-2;;;+4/p-2. The summed E-state index contributed by atoms with van der Waals surface area (Å²) in [6, 6.07) is 12.5. The Morgan fingerprint density at radius 3 is 1.59 bits per heavy atom. The van der Waals surface area contributed by atoms with Crippen LogP contribution in [0.3, 0.4) is 0 Å². The van der Waals surface area contributed by atoms with Gasteiger partial charge in [0.05, 0.1) is 0 Å². The quantitative estimate of drug-likeness (QED) is 0.367. The van der Waals surface area contributed by atoms with Crippen LogP contribution in [0, 0.1) is 0 Å². The molecule has 0 radical (unpaired) electrons. The van der Waals surface area contributed by atoms with Crippen LogP contribution < -0.4 is 24.8 Å². The molecule has 0 bridgehead atoms. The minimum Gasteiger partial charge on any atom is -1.00 e. The zero-order chi connectivity index (χ0) is 13.0. The molecule has 0 aromatic carbocycles. The summed E-state index contributed by atoms with van der Waals surface area (Å²) in [5.41, 5.74) is 4.78. The average molecular weight is 503 g/mol. The van der Waals surface area contributed by atoms with Crippen molar-refractivity contribution in [2.75, 3.05) is 0 Å². The van der Waals surface area contributed by atoms with E-state index in [0.29, 0.717) is 0 Å². The van der Waals surface area contributed by atoms with Crippen molar-refractivity contribution >= 4 is 57.6 Å². The molecule has 2 aliphatic heterocycles. The van der Waals surface area contributed by atoms with Crippen molar-refractivity contribution in [3.63, 3.8) is 0 Å². The van der Waals surface area contributed by atoms with Crippen LogP contribution in [-0.2, 0) is 26.2 Å². The predicted molar refractivity (Wildman–Crippen MR) is 87.2 cm³/mol. The second kappa shape index (κ2) is 8.40. The number of halogens is 4. The van der Waals surface area contributed by atoms with Gasteiger partial charge in [-0.05, 0) is 17.1 Å². The van der Waals surface area contributed by atoms with Crippen molar-refractivity contribution < 1.29 is 51.0 Å². The van der Waals surface area contributed by atoms with Crippen LogP contribution in [0.15, 0.2) is 44.8 Å². The maximum Gasteiger partial charge on any atom is 4.00 e. The van der Waals surface area contributed by atoms with E-state index in [1.165, 1.54) is 19.5 Å². The second-order valence-electron chi connectivity index (χ2n) is 4.13. The molecule has 0 fully saturated rings. The van der Waals surface area contributed by atoms with E-state index in [-0.39, 0.29) is 51.0 Å². The normalized spacial score (nSPS) is 10.3. The second-order valence-corrected chi connectivity index (χ2v) is 8.92. The number of thiophene rings is 2. The molecule has 4 aliphatic rings. The summed E-state index contributed by atoms with van der Waals surface area (Å²) in [5.74, 6) is 0. The number of hydrogen-bond donors (Lipinski definition) is 0. The van der Waals surface area contributed by atoms with Crippen LogP contribution in [0.25, 0.3) is 22.3 Å². The number of fused-ring (bicyclic) bond motifs is 2. The zero-order valence-corrected chi connectivity index (χ0v) is 18.6. The molecule has 112 valence electrons. The van der Waals surface area contributed by atoms with Crippen LogP contribution in [0.2, 0.25) is 8.67 Å². The third kappa shape index (κ3) is 3.50. The summed E-state index contributed by atoms with van der Waals surface area (Å²) in [5, 5.41) is 0. The van der Waals surface area contributed by atoms with E-state index in [9.17, 15) is 0 Å². The van der Waals surface area contributed by atoms with Gasteiger partial charge in [0.15, 0.2) is 0 Å². The van der Waals surface area contributed by atoms with Crippen molar-refractivity contribution in [2.45, 2.75) is 8.42 Å². The molecular weight excluding hydrogens is 497 g/mol. The van der Waals surface area contributed by atoms with Gasteiger partial charge in [0.25, 0.3) is 0 Å². The van der Waals surface area contributed by atoms with Crippen LogP contribution >= 0.6 is 57.6 Å². The van der Waals surface area contributed by atoms with Crippen LogP contribution in [-0.4, -0.2) is 0 Å². The molecular formula is C14H6Cl4S3Zr. The van der Waals surface area contributed by atoms with Gasteiger partial charge in [0.2, 0.25) is 0 Å². The Kier molecular flexibility index (Phi) is 8.04. The van der Waals surface area contributed by atoms with Gasteiger partial charge in [-0.25, -0.2) is 22.7 Å². The van der Waals surface area contributed by atoms with Crippen molar-refractivity contribution in [1.82, 2.24) is 0 Å². The minimum atomic E-state index is 0. The molecule has 0 saturated carbocycles. The van der Waals surface area contributed by atoms with Crippen molar-refractivity contribution in [1.29, 1.82) is 0 Å². The molecule has 0 N–H and O–H groups in total. The van der Waals surface area contributed by atoms with Crippen LogP contribution in [0.5, 0.6) is 0 Å². The number of rotatable bonds is 2. The topological polar surface area (TPSA) is 0 Å². The van der Waals surface area contributed by atoms with Gasteiger partial charge < -0.3 is 24.8 Å². The first-order chi connectivity index (χ1) is 9.24. The van der Waals surface area contributed by atoms with Gasteiger partial charge in [0, 0.05) is 0 Å². The van der Waals surface area contributed by atoms with E-state index in [4.69, 9.17) is 23.2 Å². The molecule has 2 heterocycles. The van der Waals surface area contributed by atoms with Crippen LogP contribution in [0.4, 0.5) is 0 Å². The Labute approximate surface area is 182 Å². The van der Waals surface area contributed by atoms with Crippen molar-refractivity contribution in [3.05, 3.63) is 45.1 Å². The fourth-order valence-electron chi connectivity index (χ4n) is 2.16. The van der Waals surface area contributed by atoms with E-state index in [2.05, 4.69) is 24.3 Å². The Balaban J connectivity index is 0.000000807. The zero-order valence-electron chi connectivity index (χ0n) is 10.7. The SMILES string of the molecule is Clc1s[c-](S[c-]2sc(Cl)c3cccc2-3)c2cccc1-2.[Cl-].[Cl-].[Zr+4]. The van der Waals surface area contributed by atoms with Gasteiger partial charge in [0.1, 0.15) is 0 Å². The monoisotopic (exact) mass is 500 g/mol. The average Bonchev–Trinajstić information content (AvgIpc) is 3.09. The Morgan fingerprint density at radius 1 is 0.773 bits per heavy atom. The van der Waals surface area contributed by atoms with Gasteiger partial charge in [-0.3, -0.25) is 0 Å². The summed E-state index contributed by atoms with van der Waals surface area (Å²) in [4.78, 5) is 0. The van der Waals surface area contributed by atoms with Crippen molar-refractivity contribution in [2.24, 2.45) is 0 Å². The summed E-state index contributed by atoms with van der Waals surface area (Å²) in [6.07, 6.45) is 0. The molecule has 0 unspecified atom stereocenters. The molecule has 2 aliphatic carbocycles. The van der Waals surface area contributed by atoms with Gasteiger partial charge in [-0.2, -0.15) is 11.8 Å². The maximum atomic E-state index is 6.27. The van der Waals surface area contributed by atoms with Gasteiger partial charge in [-0.1, -0.05) is 0 Å². The van der Waals surface area contributed by atoms with E-state index >= 15 is 0 Å². The Bertz CT molecular complexity index is 731. The maximum absolute atomic E-state index is 6.27. The number of hydrogen-bond acceptors (Lipinski definition) is 3. The first-order valence-electron chi connectivity index (χ1n) is 5.59. The summed E-state index contributed by atoms with van der Waals surface area (Å²) < 4.78 is 4.21. The first kappa shape index (κ1) is 21.1. The van der Waals surface area contributed by atoms with Gasteiger partial charge in [-0.15, -0.1) is 81.9 Å². The smallest absolute Gasteiger partial charge is 1.00 e. The Morgan fingerprint density at radius 2 is 1.18 bits per heavy atom. The summed E-state index contributed by atoms with van der Waals surface area (Å²) in [6.45, 7) is 0. The van der Waals surface area contributed by atoms with E-state index < -0.39 is 0 Å². The molecule has 0 nitrogen and oxygen atoms in total. The summed E-state index contributed by atoms with van der Waals surface area (Å²) in [7, 11) is 0. The fourth-order valence-corrected chi connectivity index (χ4v) is 6.94. The third-order valence-electron chi connectivity index (χ3n) is 3.05. The van der Waals surface area contributed by atoms with E-state index in [1.54, 1.807) is 34.4 Å². The largest absolute Gasteiger partial charge is 4.00 e. The Hall–Kier alpha value is 1.01. The van der Waals surface area contributed by atoms with Gasteiger partial charge >= 0.3 is 26.2 Å². The molecule has 0 amide bonds. The first-order valence-corrected chi connectivity index (χ1v) is 8.80. The molecule has 0 spiro atoms. The van der Waals surface area contributed by atoms with E-state index in [0.717, 1.165) is 19.8 Å². The third-order valence-corrected chi connectivity index (χ3v) is 7.33. The molecule has 0 saturated heterocycles. The summed E-state index contributed by atoms with van der Waals surface area (Å²) >= 11 is 17.6.